The zero-order valence-corrected chi connectivity index (χ0v) is 19.5. The summed E-state index contributed by atoms with van der Waals surface area (Å²) >= 11 is 0. The fraction of sp³-hybridized carbons (Fsp3) is 0.312. The molecule has 5 aromatic rings. The van der Waals surface area contributed by atoms with Gasteiger partial charge in [0.2, 0.25) is 5.71 Å². The zero-order chi connectivity index (χ0) is 27.6. The molecule has 35 heavy (non-hydrogen) atoms. The van der Waals surface area contributed by atoms with E-state index in [1.807, 2.05) is 48.5 Å². The van der Waals surface area contributed by atoms with Gasteiger partial charge in [0.05, 0.1) is 11.4 Å². The molecule has 0 radical (unpaired) electrons. The first-order valence-electron chi connectivity index (χ1n) is 15.1. The van der Waals surface area contributed by atoms with Crippen molar-refractivity contribution in [1.82, 2.24) is 9.97 Å². The van der Waals surface area contributed by atoms with Crippen molar-refractivity contribution in [2.45, 2.75) is 45.3 Å². The third-order valence-corrected chi connectivity index (χ3v) is 7.99. The van der Waals surface area contributed by atoms with Crippen molar-refractivity contribution < 1.29 is 11.3 Å². The van der Waals surface area contributed by atoms with Crippen LogP contribution in [-0.4, -0.2) is 9.97 Å². The molecule has 3 fully saturated rings. The van der Waals surface area contributed by atoms with Gasteiger partial charge in [-0.2, -0.15) is 0 Å². The predicted molar refractivity (Wildman–Crippen MR) is 142 cm³/mol. The molecule has 0 amide bonds. The van der Waals surface area contributed by atoms with Gasteiger partial charge in [-0.05, 0) is 91.7 Å². The molecular weight excluding hydrogens is 428 g/mol. The SMILES string of the molecule is [2H]C([2H])([2H])c1ccc(-c2cc(C([2H])([2H])C3CC4CCC3CC4)ccn2)c2oc3nc(-c4ccccc4)ccc3c12. The van der Waals surface area contributed by atoms with Crippen molar-refractivity contribution in [3.8, 4) is 22.5 Å². The Morgan fingerprint density at radius 1 is 0.971 bits per heavy atom. The lowest BCUT2D eigenvalue weighted by atomic mass is 9.63. The largest absolute Gasteiger partial charge is 0.437 e. The molecule has 3 nitrogen and oxygen atoms in total. The van der Waals surface area contributed by atoms with Gasteiger partial charge in [0.15, 0.2) is 0 Å². The molecule has 3 heterocycles. The highest BCUT2D eigenvalue weighted by Crippen LogP contribution is 2.46. The van der Waals surface area contributed by atoms with Gasteiger partial charge in [-0.25, -0.2) is 4.98 Å². The summed E-state index contributed by atoms with van der Waals surface area (Å²) in [6, 6.07) is 20.5. The summed E-state index contributed by atoms with van der Waals surface area (Å²) < 4.78 is 49.3. The fourth-order valence-electron chi connectivity index (χ4n) is 6.17. The highest BCUT2D eigenvalue weighted by atomic mass is 16.3. The Bertz CT molecular complexity index is 1720. The molecule has 3 aromatic heterocycles. The summed E-state index contributed by atoms with van der Waals surface area (Å²) in [4.78, 5) is 9.36. The van der Waals surface area contributed by atoms with Crippen molar-refractivity contribution in [3.05, 3.63) is 84.1 Å². The topological polar surface area (TPSA) is 38.9 Å². The highest BCUT2D eigenvalue weighted by Gasteiger charge is 2.35. The molecule has 1 atom stereocenters. The summed E-state index contributed by atoms with van der Waals surface area (Å²) in [5, 5.41) is 1.13. The van der Waals surface area contributed by atoms with Crippen LogP contribution in [0.3, 0.4) is 0 Å². The number of benzene rings is 2. The maximum atomic E-state index is 9.18. The second-order valence-electron chi connectivity index (χ2n) is 10.1. The molecule has 2 aromatic carbocycles. The Morgan fingerprint density at radius 2 is 1.86 bits per heavy atom. The Labute approximate surface area is 213 Å². The van der Waals surface area contributed by atoms with Crippen molar-refractivity contribution >= 4 is 22.1 Å². The molecule has 3 saturated carbocycles. The van der Waals surface area contributed by atoms with Crippen LogP contribution in [0.25, 0.3) is 44.6 Å². The average Bonchev–Trinajstić information content (AvgIpc) is 3.36. The first-order valence-corrected chi connectivity index (χ1v) is 12.6. The minimum Gasteiger partial charge on any atom is -0.437 e. The maximum absolute atomic E-state index is 9.18. The van der Waals surface area contributed by atoms with E-state index < -0.39 is 13.2 Å². The van der Waals surface area contributed by atoms with Gasteiger partial charge in [-0.15, -0.1) is 0 Å². The summed E-state index contributed by atoms with van der Waals surface area (Å²) in [7, 11) is 0. The zero-order valence-electron chi connectivity index (χ0n) is 24.5. The second kappa shape index (κ2) is 8.34. The standard InChI is InChI=1S/C32H30N2O/c1-20-7-12-26(29-19-22(15-16-33-29)18-25-17-21-8-10-23(25)11-9-21)31-30(20)27-13-14-28(34-32(27)35-31)24-5-3-2-4-6-24/h2-7,12-16,19,21,23,25H,8-11,17-18H2,1H3/i1D3,18D2. The van der Waals surface area contributed by atoms with Crippen LogP contribution in [0.15, 0.2) is 77.3 Å². The van der Waals surface area contributed by atoms with Crippen LogP contribution >= 0.6 is 0 Å². The molecule has 2 bridgehead atoms. The van der Waals surface area contributed by atoms with Gasteiger partial charge in [-0.1, -0.05) is 49.2 Å². The molecule has 1 unspecified atom stereocenters. The molecule has 3 aliphatic rings. The number of nitrogens with zero attached hydrogens (tertiary/aromatic N) is 2. The highest BCUT2D eigenvalue weighted by molar-refractivity contribution is 6.10. The molecule has 0 saturated heterocycles. The first-order chi connectivity index (χ1) is 19.2. The second-order valence-corrected chi connectivity index (χ2v) is 10.1. The lowest BCUT2D eigenvalue weighted by molar-refractivity contribution is 0.0991. The van der Waals surface area contributed by atoms with Crippen molar-refractivity contribution in [2.24, 2.45) is 17.8 Å². The van der Waals surface area contributed by atoms with Gasteiger partial charge in [0.25, 0.3) is 0 Å². The van der Waals surface area contributed by atoms with Crippen molar-refractivity contribution in [1.29, 1.82) is 0 Å². The van der Waals surface area contributed by atoms with E-state index >= 15 is 0 Å². The minimum atomic E-state index is -2.35. The maximum Gasteiger partial charge on any atom is 0.227 e. The fourth-order valence-corrected chi connectivity index (χ4v) is 6.17. The number of hydrogen-bond acceptors (Lipinski definition) is 3. The normalized spacial score (nSPS) is 24.6. The third-order valence-electron chi connectivity index (χ3n) is 7.99. The van der Waals surface area contributed by atoms with Crippen LogP contribution in [-0.2, 0) is 6.37 Å². The summed E-state index contributed by atoms with van der Waals surface area (Å²) in [6.45, 7) is -2.35. The van der Waals surface area contributed by atoms with Crippen LogP contribution in [0.4, 0.5) is 0 Å². The molecule has 0 N–H and O–H groups in total. The molecule has 8 rings (SSSR count). The van der Waals surface area contributed by atoms with Crippen molar-refractivity contribution in [3.63, 3.8) is 0 Å². The van der Waals surface area contributed by atoms with E-state index in [-0.39, 0.29) is 11.5 Å². The Kier molecular flexibility index (Phi) is 3.87. The predicted octanol–water partition coefficient (Wildman–Crippen LogP) is 8.39. The molecular formula is C32H30N2O. The number of furan rings is 1. The minimum absolute atomic E-state index is 0.0000123. The lowest BCUT2D eigenvalue weighted by Gasteiger charge is -2.42. The molecule has 0 aliphatic heterocycles. The quantitative estimate of drug-likeness (QED) is 0.269. The number of aromatic nitrogens is 2. The molecule has 0 spiro atoms. The van der Waals surface area contributed by atoms with Gasteiger partial charge in [0, 0.05) is 34.9 Å². The van der Waals surface area contributed by atoms with E-state index in [0.717, 1.165) is 30.5 Å². The van der Waals surface area contributed by atoms with Gasteiger partial charge < -0.3 is 4.42 Å². The smallest absolute Gasteiger partial charge is 0.227 e. The lowest BCUT2D eigenvalue weighted by Crippen LogP contribution is -2.32. The third kappa shape index (κ3) is 3.65. The van der Waals surface area contributed by atoms with E-state index in [0.29, 0.717) is 50.7 Å². The van der Waals surface area contributed by atoms with Crippen molar-refractivity contribution in [2.75, 3.05) is 0 Å². The van der Waals surface area contributed by atoms with Gasteiger partial charge in [0.1, 0.15) is 5.58 Å². The number of hydrogen-bond donors (Lipinski definition) is 0. The van der Waals surface area contributed by atoms with Crippen LogP contribution in [0, 0.1) is 24.6 Å². The summed E-state index contributed by atoms with van der Waals surface area (Å²) in [6.07, 6.45) is 5.78. The number of rotatable bonds is 4. The average molecular weight is 464 g/mol. The number of fused-ring (bicyclic) bond motifs is 6. The van der Waals surface area contributed by atoms with E-state index in [9.17, 15) is 2.74 Å². The molecule has 3 aliphatic carbocycles. The Morgan fingerprint density at radius 3 is 2.66 bits per heavy atom. The Balaban J connectivity index is 1.38. The molecule has 3 heteroatoms. The van der Waals surface area contributed by atoms with Crippen LogP contribution < -0.4 is 0 Å². The van der Waals surface area contributed by atoms with Gasteiger partial charge in [-0.3, -0.25) is 4.98 Å². The first kappa shape index (κ1) is 16.3. The molecule has 174 valence electrons. The van der Waals surface area contributed by atoms with Crippen LogP contribution in [0.2, 0.25) is 0 Å². The van der Waals surface area contributed by atoms with Crippen LogP contribution in [0.1, 0.15) is 50.1 Å². The van der Waals surface area contributed by atoms with E-state index in [1.165, 1.54) is 12.8 Å². The summed E-state index contributed by atoms with van der Waals surface area (Å²) in [5.41, 5.74) is 4.44. The van der Waals surface area contributed by atoms with E-state index in [1.54, 1.807) is 24.4 Å². The monoisotopic (exact) mass is 463 g/mol. The van der Waals surface area contributed by atoms with Crippen LogP contribution in [0.5, 0.6) is 0 Å². The van der Waals surface area contributed by atoms with E-state index in [4.69, 9.17) is 13.5 Å². The number of pyridine rings is 2. The van der Waals surface area contributed by atoms with Gasteiger partial charge >= 0.3 is 0 Å². The number of aryl methyl sites for hydroxylation is 1. The van der Waals surface area contributed by atoms with E-state index in [2.05, 4.69) is 4.98 Å². The Hall–Kier alpha value is -3.46. The summed E-state index contributed by atoms with van der Waals surface area (Å²) in [5.74, 6) is 1.05.